The van der Waals surface area contributed by atoms with E-state index in [1.807, 2.05) is 6.92 Å². The van der Waals surface area contributed by atoms with Gasteiger partial charge in [-0.25, -0.2) is 9.37 Å². The van der Waals surface area contributed by atoms with E-state index in [4.69, 9.17) is 19.7 Å². The Hall–Kier alpha value is -3.36. The average molecular weight is 430 g/mol. The van der Waals surface area contributed by atoms with Crippen molar-refractivity contribution in [2.24, 2.45) is 0 Å². The summed E-state index contributed by atoms with van der Waals surface area (Å²) in [5.41, 5.74) is 1.50. The minimum atomic E-state index is -2.70. The fraction of sp³-hybridized carbons (Fsp3) is 0.409. The van der Waals surface area contributed by atoms with Crippen molar-refractivity contribution >= 4 is 11.5 Å². The topological polar surface area (TPSA) is 78.2 Å². The first-order chi connectivity index (χ1) is 16.4. The maximum absolute atomic E-state index is 15.2. The number of benzene rings is 1. The predicted molar refractivity (Wildman–Crippen MR) is 112 cm³/mol. The Morgan fingerprint density at radius 1 is 1.19 bits per heavy atom. The quantitative estimate of drug-likeness (QED) is 0.632. The molecule has 1 fully saturated rings. The van der Waals surface area contributed by atoms with Gasteiger partial charge in [0.25, 0.3) is 5.56 Å². The van der Waals surface area contributed by atoms with Crippen LogP contribution in [-0.4, -0.2) is 53.1 Å². The fourth-order valence-electron chi connectivity index (χ4n) is 3.81. The first-order valence-electron chi connectivity index (χ1n) is 11.9. The van der Waals surface area contributed by atoms with Gasteiger partial charge in [0.15, 0.2) is 29.1 Å². The number of alkyl halides is 1. The van der Waals surface area contributed by atoms with Crippen molar-refractivity contribution in [2.75, 3.05) is 31.1 Å². The van der Waals surface area contributed by atoms with E-state index in [1.165, 1.54) is 28.8 Å². The Kier molecular flexibility index (Phi) is 3.84. The number of hydrogen-bond acceptors (Lipinski definition) is 7. The molecule has 2 atom stereocenters. The first-order valence-corrected chi connectivity index (χ1v) is 9.90. The number of fused-ring (bicyclic) bond motifs is 2. The van der Waals surface area contributed by atoms with Crippen molar-refractivity contribution in [3.05, 3.63) is 51.9 Å². The van der Waals surface area contributed by atoms with E-state index in [2.05, 4.69) is 10.1 Å². The minimum absolute atomic E-state index is 0.00532. The maximum Gasteiger partial charge on any atom is 0.274 e. The smallest absolute Gasteiger partial charge is 0.274 e. The van der Waals surface area contributed by atoms with E-state index in [0.29, 0.717) is 30.1 Å². The van der Waals surface area contributed by atoms with Crippen molar-refractivity contribution in [3.8, 4) is 17.2 Å². The highest BCUT2D eigenvalue weighted by Crippen LogP contribution is 2.35. The fourth-order valence-corrected chi connectivity index (χ4v) is 3.81. The monoisotopic (exact) mass is 430 g/mol. The molecule has 0 aliphatic carbocycles. The number of rotatable bonds is 3. The van der Waals surface area contributed by atoms with Crippen LogP contribution in [0.15, 0.2) is 35.1 Å². The van der Waals surface area contributed by atoms with Gasteiger partial charge in [0.1, 0.15) is 25.0 Å². The van der Waals surface area contributed by atoms with Gasteiger partial charge in [0.05, 0.1) is 12.0 Å². The first kappa shape index (κ1) is 15.4. The molecule has 0 spiro atoms. The molecular weight excluding hydrogens is 403 g/mol. The van der Waals surface area contributed by atoms with Crippen LogP contribution < -0.4 is 24.7 Å². The number of piperidine rings is 1. The molecule has 8 nitrogen and oxygen atoms in total. The molecular formula is C22H23FN4O4. The van der Waals surface area contributed by atoms with Gasteiger partial charge in [-0.1, -0.05) is 0 Å². The molecule has 162 valence electrons. The summed E-state index contributed by atoms with van der Waals surface area (Å²) in [5.74, 6) is 0.754. The van der Waals surface area contributed by atoms with Gasteiger partial charge in [-0.2, -0.15) is 4.52 Å². The van der Waals surface area contributed by atoms with E-state index in [0.717, 1.165) is 5.56 Å². The van der Waals surface area contributed by atoms with Crippen LogP contribution in [0.5, 0.6) is 17.2 Å². The van der Waals surface area contributed by atoms with Gasteiger partial charge in [0.2, 0.25) is 0 Å². The minimum Gasteiger partial charge on any atom is -0.487 e. The van der Waals surface area contributed by atoms with Crippen LogP contribution in [0, 0.1) is 13.8 Å². The highest BCUT2D eigenvalue weighted by atomic mass is 19.1. The lowest BCUT2D eigenvalue weighted by atomic mass is 10.1. The van der Waals surface area contributed by atoms with Crippen LogP contribution in [0.25, 0.3) is 5.65 Å². The van der Waals surface area contributed by atoms with Crippen molar-refractivity contribution in [1.29, 1.82) is 0 Å². The number of aromatic nitrogens is 3. The van der Waals surface area contributed by atoms with Crippen LogP contribution in [-0.2, 0) is 0 Å². The number of halogens is 1. The molecule has 0 N–H and O–H groups in total. The molecule has 2 aliphatic heterocycles. The molecule has 2 aliphatic rings. The lowest BCUT2D eigenvalue weighted by molar-refractivity contribution is 0.0809. The van der Waals surface area contributed by atoms with Crippen LogP contribution in [0.1, 0.15) is 23.2 Å². The molecule has 9 heteroatoms. The third-order valence-corrected chi connectivity index (χ3v) is 5.29. The number of aryl methyl sites for hydroxylation is 2. The maximum atomic E-state index is 15.2. The van der Waals surface area contributed by atoms with Crippen LogP contribution >= 0.6 is 0 Å². The van der Waals surface area contributed by atoms with E-state index in [1.54, 1.807) is 17.9 Å². The van der Waals surface area contributed by atoms with Crippen LogP contribution in [0.2, 0.25) is 0 Å². The Balaban J connectivity index is 1.32. The highest BCUT2D eigenvalue weighted by Gasteiger charge is 2.32. The number of ether oxygens (including phenoxy) is 3. The summed E-state index contributed by atoms with van der Waals surface area (Å²) in [6, 6.07) is 7.40. The third kappa shape index (κ3) is 3.75. The molecule has 3 aromatic rings. The zero-order chi connectivity index (χ0) is 25.1. The Labute approximate surface area is 183 Å². The van der Waals surface area contributed by atoms with E-state index in [9.17, 15) is 4.79 Å². The molecule has 0 bridgehead atoms. The van der Waals surface area contributed by atoms with Gasteiger partial charge in [-0.3, -0.25) is 4.79 Å². The van der Waals surface area contributed by atoms with Gasteiger partial charge < -0.3 is 19.1 Å². The van der Waals surface area contributed by atoms with E-state index >= 15 is 4.39 Å². The summed E-state index contributed by atoms with van der Waals surface area (Å²) in [7, 11) is 0. The van der Waals surface area contributed by atoms with Gasteiger partial charge in [-0.05, 0) is 37.6 Å². The largest absolute Gasteiger partial charge is 0.487 e. The van der Waals surface area contributed by atoms with Crippen molar-refractivity contribution in [3.63, 3.8) is 0 Å². The highest BCUT2D eigenvalue weighted by molar-refractivity contribution is 5.53. The summed E-state index contributed by atoms with van der Waals surface area (Å²) in [5, 5.41) is 4.42. The van der Waals surface area contributed by atoms with E-state index < -0.39 is 25.4 Å². The predicted octanol–water partition coefficient (Wildman–Crippen LogP) is 2.47. The summed E-state index contributed by atoms with van der Waals surface area (Å²) in [6.45, 7) is -1.35. The standard InChI is InChI=1S/C22H23FN4O4/c1-13-9-20-24-14(2)10-21(28)27(20)25-22(13)26-6-5-17(16(23)12-26)31-15-3-4-18-19(11-15)30-8-7-29-18/h3-4,9-11,16-17H,5-8,12H2,1-2H3/t16-,17-/m1/s1/i7D2,8D2. The molecule has 0 saturated carbocycles. The van der Waals surface area contributed by atoms with Gasteiger partial charge >= 0.3 is 0 Å². The molecule has 1 saturated heterocycles. The molecule has 4 heterocycles. The molecule has 0 unspecified atom stereocenters. The molecule has 5 rings (SSSR count). The normalized spacial score (nSPS) is 25.8. The van der Waals surface area contributed by atoms with Crippen LogP contribution in [0.3, 0.4) is 0 Å². The molecule has 31 heavy (non-hydrogen) atoms. The summed E-state index contributed by atoms with van der Waals surface area (Å²) in [6.07, 6.45) is -1.81. The Bertz CT molecular complexity index is 1370. The Morgan fingerprint density at radius 3 is 2.81 bits per heavy atom. The van der Waals surface area contributed by atoms with Gasteiger partial charge in [0, 0.05) is 30.8 Å². The molecule has 0 amide bonds. The molecule has 2 aromatic heterocycles. The lowest BCUT2D eigenvalue weighted by Crippen LogP contribution is -2.47. The zero-order valence-electron chi connectivity index (χ0n) is 21.0. The summed E-state index contributed by atoms with van der Waals surface area (Å²) < 4.78 is 63.2. The lowest BCUT2D eigenvalue weighted by Gasteiger charge is -2.36. The molecule has 1 aromatic carbocycles. The SMILES string of the molecule is [2H]C1([2H])Oc2ccc(O[C@@H]3CCN(c4nn5c(=O)cc(C)nc5cc4C)C[C@H]3F)cc2OC1([2H])[2H]. The number of nitrogens with zero attached hydrogens (tertiary/aromatic N) is 4. The zero-order valence-corrected chi connectivity index (χ0v) is 17.0. The second-order valence-electron chi connectivity index (χ2n) is 7.58. The third-order valence-electron chi connectivity index (χ3n) is 5.29. The van der Waals surface area contributed by atoms with E-state index in [-0.39, 0.29) is 29.4 Å². The Morgan fingerprint density at radius 2 is 2.00 bits per heavy atom. The second kappa shape index (κ2) is 7.72. The summed E-state index contributed by atoms with van der Waals surface area (Å²) >= 11 is 0. The second-order valence-corrected chi connectivity index (χ2v) is 7.58. The van der Waals surface area contributed by atoms with Gasteiger partial charge in [-0.15, -0.1) is 5.10 Å². The molecule has 0 radical (unpaired) electrons. The average Bonchev–Trinajstić information content (AvgIpc) is 2.75. The van der Waals surface area contributed by atoms with Crippen molar-refractivity contribution in [2.45, 2.75) is 32.5 Å². The number of hydrogen-bond donors (Lipinski definition) is 0. The van der Waals surface area contributed by atoms with Crippen molar-refractivity contribution in [1.82, 2.24) is 14.6 Å². The van der Waals surface area contributed by atoms with Crippen molar-refractivity contribution < 1.29 is 24.1 Å². The summed E-state index contributed by atoms with van der Waals surface area (Å²) in [4.78, 5) is 18.4. The number of anilines is 1. The van der Waals surface area contributed by atoms with Crippen LogP contribution in [0.4, 0.5) is 10.2 Å².